The summed E-state index contributed by atoms with van der Waals surface area (Å²) in [6.07, 6.45) is 4.04. The highest BCUT2D eigenvalue weighted by atomic mass is 15.2. The van der Waals surface area contributed by atoms with Gasteiger partial charge < -0.3 is 10.6 Å². The number of hydrogen-bond donors (Lipinski definition) is 1. The number of benzene rings is 1. The van der Waals surface area contributed by atoms with E-state index in [0.717, 1.165) is 30.8 Å². The molecule has 2 N–H and O–H groups in total. The van der Waals surface area contributed by atoms with Crippen LogP contribution in [0.2, 0.25) is 0 Å². The molecule has 0 atom stereocenters. The molecule has 0 radical (unpaired) electrons. The Bertz CT molecular complexity index is 496. The van der Waals surface area contributed by atoms with E-state index in [1.54, 1.807) is 0 Å². The van der Waals surface area contributed by atoms with Gasteiger partial charge in [-0.2, -0.15) is 0 Å². The van der Waals surface area contributed by atoms with Crippen LogP contribution in [-0.2, 0) is 13.0 Å². The van der Waals surface area contributed by atoms with Crippen molar-refractivity contribution in [1.29, 1.82) is 0 Å². The lowest BCUT2D eigenvalue weighted by Gasteiger charge is -2.18. The predicted octanol–water partition coefficient (Wildman–Crippen LogP) is 2.61. The highest BCUT2D eigenvalue weighted by molar-refractivity contribution is 5.39. The minimum absolute atomic E-state index is 0.563. The molecule has 0 aliphatic carbocycles. The van der Waals surface area contributed by atoms with Gasteiger partial charge in [0, 0.05) is 26.3 Å². The van der Waals surface area contributed by atoms with E-state index in [0.29, 0.717) is 6.54 Å². The smallest absolute Gasteiger partial charge is 0.128 e. The average molecular weight is 255 g/mol. The lowest BCUT2D eigenvalue weighted by atomic mass is 10.1. The second-order valence-electron chi connectivity index (χ2n) is 4.74. The number of nitrogens with zero attached hydrogens (tertiary/aromatic N) is 2. The molecule has 0 aliphatic heterocycles. The number of aryl methyl sites for hydroxylation is 1. The van der Waals surface area contributed by atoms with Gasteiger partial charge in [0.1, 0.15) is 5.82 Å². The Balaban J connectivity index is 1.85. The standard InChI is InChI=1S/C16H21N3/c1-19(16-12-15(13-17)9-10-18-16)11-5-8-14-6-3-2-4-7-14/h2-4,6-7,9-10,12H,5,8,11,13,17H2,1H3. The number of pyridine rings is 1. The lowest BCUT2D eigenvalue weighted by Crippen LogP contribution is -2.20. The molecular weight excluding hydrogens is 234 g/mol. The first kappa shape index (κ1) is 13.6. The number of nitrogens with two attached hydrogens (primary N) is 1. The highest BCUT2D eigenvalue weighted by Gasteiger charge is 2.03. The SMILES string of the molecule is CN(CCCc1ccccc1)c1cc(CN)ccn1. The van der Waals surface area contributed by atoms with Crippen LogP contribution in [-0.4, -0.2) is 18.6 Å². The largest absolute Gasteiger partial charge is 0.360 e. The second-order valence-corrected chi connectivity index (χ2v) is 4.74. The van der Waals surface area contributed by atoms with Gasteiger partial charge in [-0.15, -0.1) is 0 Å². The Morgan fingerprint density at radius 2 is 1.89 bits per heavy atom. The third-order valence-electron chi connectivity index (χ3n) is 3.24. The van der Waals surface area contributed by atoms with Gasteiger partial charge in [0.25, 0.3) is 0 Å². The van der Waals surface area contributed by atoms with Crippen molar-refractivity contribution in [2.24, 2.45) is 5.73 Å². The Morgan fingerprint density at radius 3 is 2.63 bits per heavy atom. The Hall–Kier alpha value is -1.87. The van der Waals surface area contributed by atoms with E-state index >= 15 is 0 Å². The molecule has 0 saturated carbocycles. The summed E-state index contributed by atoms with van der Waals surface area (Å²) in [7, 11) is 2.08. The van der Waals surface area contributed by atoms with E-state index in [1.807, 2.05) is 12.3 Å². The molecule has 19 heavy (non-hydrogen) atoms. The van der Waals surface area contributed by atoms with Crippen LogP contribution in [0.4, 0.5) is 5.82 Å². The lowest BCUT2D eigenvalue weighted by molar-refractivity contribution is 0.776. The monoisotopic (exact) mass is 255 g/mol. The fourth-order valence-electron chi connectivity index (χ4n) is 2.08. The van der Waals surface area contributed by atoms with Crippen LogP contribution < -0.4 is 10.6 Å². The van der Waals surface area contributed by atoms with Crippen LogP contribution in [0.3, 0.4) is 0 Å². The maximum Gasteiger partial charge on any atom is 0.128 e. The van der Waals surface area contributed by atoms with Crippen molar-refractivity contribution >= 4 is 5.82 Å². The van der Waals surface area contributed by atoms with Gasteiger partial charge in [0.05, 0.1) is 0 Å². The normalized spacial score (nSPS) is 10.4. The molecule has 100 valence electrons. The molecular formula is C16H21N3. The summed E-state index contributed by atoms with van der Waals surface area (Å²) >= 11 is 0. The van der Waals surface area contributed by atoms with Gasteiger partial charge in [-0.1, -0.05) is 30.3 Å². The molecule has 0 aliphatic rings. The molecule has 0 amide bonds. The Morgan fingerprint density at radius 1 is 1.11 bits per heavy atom. The van der Waals surface area contributed by atoms with E-state index in [-0.39, 0.29) is 0 Å². The van der Waals surface area contributed by atoms with Crippen molar-refractivity contribution in [3.8, 4) is 0 Å². The molecule has 1 aromatic heterocycles. The highest BCUT2D eigenvalue weighted by Crippen LogP contribution is 2.12. The van der Waals surface area contributed by atoms with Crippen LogP contribution in [0.15, 0.2) is 48.7 Å². The molecule has 0 fully saturated rings. The Labute approximate surface area is 115 Å². The molecule has 1 heterocycles. The van der Waals surface area contributed by atoms with Crippen molar-refractivity contribution in [3.05, 3.63) is 59.8 Å². The van der Waals surface area contributed by atoms with Gasteiger partial charge in [-0.25, -0.2) is 4.98 Å². The van der Waals surface area contributed by atoms with Crippen molar-refractivity contribution < 1.29 is 0 Å². The zero-order valence-electron chi connectivity index (χ0n) is 11.4. The van der Waals surface area contributed by atoms with Crippen molar-refractivity contribution in [2.75, 3.05) is 18.5 Å². The summed E-state index contributed by atoms with van der Waals surface area (Å²) < 4.78 is 0. The molecule has 0 spiro atoms. The van der Waals surface area contributed by atoms with Crippen molar-refractivity contribution in [3.63, 3.8) is 0 Å². The summed E-state index contributed by atoms with van der Waals surface area (Å²) in [5.74, 6) is 0.996. The minimum atomic E-state index is 0.563. The molecule has 3 heteroatoms. The van der Waals surface area contributed by atoms with Crippen LogP contribution in [0.1, 0.15) is 17.5 Å². The first-order valence-electron chi connectivity index (χ1n) is 6.69. The van der Waals surface area contributed by atoms with Crippen molar-refractivity contribution in [1.82, 2.24) is 4.98 Å². The minimum Gasteiger partial charge on any atom is -0.360 e. The third-order valence-corrected chi connectivity index (χ3v) is 3.24. The van der Waals surface area contributed by atoms with E-state index in [1.165, 1.54) is 5.56 Å². The summed E-state index contributed by atoms with van der Waals surface area (Å²) in [5.41, 5.74) is 8.16. The first-order valence-corrected chi connectivity index (χ1v) is 6.69. The maximum absolute atomic E-state index is 5.65. The van der Waals surface area contributed by atoms with Gasteiger partial charge in [-0.3, -0.25) is 0 Å². The molecule has 0 saturated heterocycles. The van der Waals surface area contributed by atoms with Gasteiger partial charge in [-0.05, 0) is 36.1 Å². The second kappa shape index (κ2) is 6.90. The number of anilines is 1. The van der Waals surface area contributed by atoms with Gasteiger partial charge >= 0.3 is 0 Å². The van der Waals surface area contributed by atoms with E-state index in [4.69, 9.17) is 5.73 Å². The molecule has 2 aromatic rings. The summed E-state index contributed by atoms with van der Waals surface area (Å²) in [5, 5.41) is 0. The molecule has 0 bridgehead atoms. The number of hydrogen-bond acceptors (Lipinski definition) is 3. The summed E-state index contributed by atoms with van der Waals surface area (Å²) in [4.78, 5) is 6.57. The average Bonchev–Trinajstić information content (AvgIpc) is 2.48. The maximum atomic E-state index is 5.65. The van der Waals surface area contributed by atoms with Crippen molar-refractivity contribution in [2.45, 2.75) is 19.4 Å². The van der Waals surface area contributed by atoms with Crippen LogP contribution >= 0.6 is 0 Å². The summed E-state index contributed by atoms with van der Waals surface area (Å²) in [6, 6.07) is 14.6. The topological polar surface area (TPSA) is 42.1 Å². The molecule has 3 nitrogen and oxygen atoms in total. The number of aromatic nitrogens is 1. The number of rotatable bonds is 6. The third kappa shape index (κ3) is 4.07. The zero-order valence-corrected chi connectivity index (χ0v) is 11.4. The zero-order chi connectivity index (χ0) is 13.5. The first-order chi connectivity index (χ1) is 9.29. The van der Waals surface area contributed by atoms with Crippen LogP contribution in [0.5, 0.6) is 0 Å². The quantitative estimate of drug-likeness (QED) is 0.862. The van der Waals surface area contributed by atoms with E-state index in [2.05, 4.69) is 53.3 Å². The van der Waals surface area contributed by atoms with E-state index in [9.17, 15) is 0 Å². The predicted molar refractivity (Wildman–Crippen MR) is 80.2 cm³/mol. The van der Waals surface area contributed by atoms with Gasteiger partial charge in [0.2, 0.25) is 0 Å². The van der Waals surface area contributed by atoms with E-state index < -0.39 is 0 Å². The molecule has 1 aromatic carbocycles. The van der Waals surface area contributed by atoms with Crippen LogP contribution in [0, 0.1) is 0 Å². The van der Waals surface area contributed by atoms with Crippen LogP contribution in [0.25, 0.3) is 0 Å². The van der Waals surface area contributed by atoms with Gasteiger partial charge in [0.15, 0.2) is 0 Å². The molecule has 2 rings (SSSR count). The summed E-state index contributed by atoms with van der Waals surface area (Å²) in [6.45, 7) is 1.56. The molecule has 0 unspecified atom stereocenters. The fraction of sp³-hybridized carbons (Fsp3) is 0.312. The fourth-order valence-corrected chi connectivity index (χ4v) is 2.08. The Kier molecular flexibility index (Phi) is 4.93.